The van der Waals surface area contributed by atoms with Gasteiger partial charge >= 0.3 is 0 Å². The van der Waals surface area contributed by atoms with Crippen LogP contribution < -0.4 is 24.3 Å². The molecule has 0 atom stereocenters. The summed E-state index contributed by atoms with van der Waals surface area (Å²) in [6, 6.07) is 25.4. The van der Waals surface area contributed by atoms with Crippen molar-refractivity contribution in [1.29, 1.82) is 0 Å². The lowest BCUT2D eigenvalue weighted by molar-refractivity contribution is 0.102. The van der Waals surface area contributed by atoms with Gasteiger partial charge in [0.1, 0.15) is 17.2 Å². The molecule has 36 heavy (non-hydrogen) atoms. The zero-order chi connectivity index (χ0) is 24.9. The molecule has 0 bridgehead atoms. The molecule has 1 heterocycles. The van der Waals surface area contributed by atoms with E-state index < -0.39 is 5.91 Å². The third-order valence-corrected chi connectivity index (χ3v) is 5.87. The first kappa shape index (κ1) is 23.1. The van der Waals surface area contributed by atoms with Gasteiger partial charge in [-0.3, -0.25) is 4.79 Å². The Morgan fingerprint density at radius 2 is 1.72 bits per heavy atom. The molecule has 182 valence electrons. The molecule has 1 amide bonds. The van der Waals surface area contributed by atoms with E-state index in [9.17, 15) is 9.90 Å². The highest BCUT2D eigenvalue weighted by atomic mass is 16.7. The summed E-state index contributed by atoms with van der Waals surface area (Å²) in [5.41, 5.74) is 3.39. The van der Waals surface area contributed by atoms with Crippen molar-refractivity contribution in [2.45, 2.75) is 6.42 Å². The van der Waals surface area contributed by atoms with Gasteiger partial charge in [0.25, 0.3) is 5.91 Å². The number of benzene rings is 4. The summed E-state index contributed by atoms with van der Waals surface area (Å²) in [5.74, 6) is 2.24. The van der Waals surface area contributed by atoms with Crippen LogP contribution in [0.25, 0.3) is 11.1 Å². The first-order chi connectivity index (χ1) is 17.6. The maximum Gasteiger partial charge on any atom is 0.259 e. The summed E-state index contributed by atoms with van der Waals surface area (Å²) >= 11 is 0. The average molecular weight is 484 g/mol. The van der Waals surface area contributed by atoms with Crippen molar-refractivity contribution in [3.63, 3.8) is 0 Å². The van der Waals surface area contributed by atoms with Gasteiger partial charge in [-0.15, -0.1) is 0 Å². The van der Waals surface area contributed by atoms with Gasteiger partial charge in [0.2, 0.25) is 6.79 Å². The molecule has 7 heteroatoms. The van der Waals surface area contributed by atoms with Gasteiger partial charge in [-0.05, 0) is 59.2 Å². The molecule has 0 saturated carbocycles. The van der Waals surface area contributed by atoms with Crippen LogP contribution in [0.4, 0.5) is 5.69 Å². The fraction of sp³-hybridized carbons (Fsp3) is 0.138. The summed E-state index contributed by atoms with van der Waals surface area (Å²) in [7, 11) is 1.65. The normalized spacial score (nSPS) is 11.7. The van der Waals surface area contributed by atoms with E-state index in [0.717, 1.165) is 22.4 Å². The van der Waals surface area contributed by atoms with Crippen molar-refractivity contribution < 1.29 is 28.8 Å². The quantitative estimate of drug-likeness (QED) is 0.336. The van der Waals surface area contributed by atoms with Crippen LogP contribution in [0, 0.1) is 0 Å². The molecule has 1 aliphatic rings. The number of para-hydroxylation sites is 1. The number of nitrogens with one attached hydrogen (secondary N) is 1. The highest BCUT2D eigenvalue weighted by Crippen LogP contribution is 2.37. The van der Waals surface area contributed by atoms with Crippen LogP contribution in [0.1, 0.15) is 15.9 Å². The molecule has 7 nitrogen and oxygen atoms in total. The van der Waals surface area contributed by atoms with Crippen molar-refractivity contribution in [3.8, 4) is 39.9 Å². The van der Waals surface area contributed by atoms with Crippen LogP contribution in [0.5, 0.6) is 28.7 Å². The third-order valence-electron chi connectivity index (χ3n) is 5.87. The number of anilines is 1. The molecule has 4 aromatic rings. The molecule has 0 fully saturated rings. The summed E-state index contributed by atoms with van der Waals surface area (Å²) in [4.78, 5) is 13.0. The van der Waals surface area contributed by atoms with Gasteiger partial charge < -0.3 is 29.4 Å². The Bertz CT molecular complexity index is 1400. The van der Waals surface area contributed by atoms with E-state index in [1.54, 1.807) is 37.4 Å². The number of methoxy groups -OCH3 is 1. The van der Waals surface area contributed by atoms with E-state index in [-0.39, 0.29) is 18.1 Å². The summed E-state index contributed by atoms with van der Waals surface area (Å²) < 4.78 is 22.1. The van der Waals surface area contributed by atoms with Crippen LogP contribution in [-0.2, 0) is 6.42 Å². The Balaban J connectivity index is 1.26. The number of phenols is 1. The van der Waals surface area contributed by atoms with E-state index in [0.29, 0.717) is 36.0 Å². The van der Waals surface area contributed by atoms with Crippen molar-refractivity contribution in [2.75, 3.05) is 25.8 Å². The van der Waals surface area contributed by atoms with Crippen molar-refractivity contribution in [2.24, 2.45) is 0 Å². The Kier molecular flexibility index (Phi) is 6.62. The summed E-state index contributed by atoms with van der Waals surface area (Å²) in [6.07, 6.45) is 0.682. The molecular formula is C29H25NO6. The summed E-state index contributed by atoms with van der Waals surface area (Å²) in [5, 5.41) is 13.2. The second-order valence-electron chi connectivity index (χ2n) is 8.19. The molecule has 0 unspecified atom stereocenters. The second kappa shape index (κ2) is 10.3. The van der Waals surface area contributed by atoms with Gasteiger partial charge in [-0.25, -0.2) is 0 Å². The topological polar surface area (TPSA) is 86.3 Å². The molecule has 0 aromatic heterocycles. The molecule has 2 N–H and O–H groups in total. The second-order valence-corrected chi connectivity index (χ2v) is 8.19. The maximum atomic E-state index is 13.0. The lowest BCUT2D eigenvalue weighted by atomic mass is 10.0. The summed E-state index contributed by atoms with van der Waals surface area (Å²) in [6.45, 7) is 0.640. The van der Waals surface area contributed by atoms with Gasteiger partial charge in [0.15, 0.2) is 11.5 Å². The van der Waals surface area contributed by atoms with E-state index in [4.69, 9.17) is 18.9 Å². The lowest BCUT2D eigenvalue weighted by Crippen LogP contribution is -2.12. The van der Waals surface area contributed by atoms with Crippen LogP contribution in [0.2, 0.25) is 0 Å². The van der Waals surface area contributed by atoms with E-state index in [2.05, 4.69) is 5.32 Å². The third kappa shape index (κ3) is 5.05. The Labute approximate surface area is 208 Å². The largest absolute Gasteiger partial charge is 0.507 e. The van der Waals surface area contributed by atoms with E-state index in [1.807, 2.05) is 48.5 Å². The zero-order valence-electron chi connectivity index (χ0n) is 19.7. The predicted octanol–water partition coefficient (Wildman–Crippen LogP) is 5.67. The van der Waals surface area contributed by atoms with Gasteiger partial charge in [-0.2, -0.15) is 0 Å². The van der Waals surface area contributed by atoms with Gasteiger partial charge in [0.05, 0.1) is 19.3 Å². The van der Waals surface area contributed by atoms with Gasteiger partial charge in [-0.1, -0.05) is 36.4 Å². The lowest BCUT2D eigenvalue weighted by Gasteiger charge is -2.12. The molecule has 0 aliphatic carbocycles. The number of phenolic OH excluding ortho intramolecular Hbond substituents is 1. The van der Waals surface area contributed by atoms with Crippen molar-refractivity contribution in [3.05, 3.63) is 96.1 Å². The van der Waals surface area contributed by atoms with Crippen molar-refractivity contribution in [1.82, 2.24) is 0 Å². The number of carbonyl (C=O) groups is 1. The van der Waals surface area contributed by atoms with E-state index in [1.165, 1.54) is 6.07 Å². The minimum absolute atomic E-state index is 0.110. The number of amides is 1. The number of ether oxygens (including phenoxy) is 4. The number of carbonyl (C=O) groups excluding carboxylic acids is 1. The fourth-order valence-electron chi connectivity index (χ4n) is 4.02. The number of hydrogen-bond acceptors (Lipinski definition) is 6. The Hall–Kier alpha value is -4.65. The molecule has 0 spiro atoms. The molecule has 0 radical (unpaired) electrons. The number of hydrogen-bond donors (Lipinski definition) is 2. The minimum atomic E-state index is -0.429. The molecule has 1 aliphatic heterocycles. The minimum Gasteiger partial charge on any atom is -0.507 e. The smallest absolute Gasteiger partial charge is 0.259 e. The van der Waals surface area contributed by atoms with Crippen LogP contribution in [0.3, 0.4) is 0 Å². The Morgan fingerprint density at radius 3 is 2.61 bits per heavy atom. The molecule has 5 rings (SSSR count). The van der Waals surface area contributed by atoms with Crippen LogP contribution in [0.15, 0.2) is 84.9 Å². The van der Waals surface area contributed by atoms with Crippen molar-refractivity contribution >= 4 is 11.6 Å². The molecule has 4 aromatic carbocycles. The SMILES string of the molecule is COc1ccccc1CCOc1cccc(NC(=O)c2cc(-c3ccc4c(c3)OCO4)ccc2O)c1. The van der Waals surface area contributed by atoms with Crippen LogP contribution in [-0.4, -0.2) is 31.5 Å². The Morgan fingerprint density at radius 1 is 0.917 bits per heavy atom. The zero-order valence-corrected chi connectivity index (χ0v) is 19.7. The monoisotopic (exact) mass is 483 g/mol. The number of rotatable bonds is 8. The average Bonchev–Trinajstić information content (AvgIpc) is 3.37. The van der Waals surface area contributed by atoms with Crippen LogP contribution >= 0.6 is 0 Å². The number of fused-ring (bicyclic) bond motifs is 1. The highest BCUT2D eigenvalue weighted by Gasteiger charge is 2.17. The highest BCUT2D eigenvalue weighted by molar-refractivity contribution is 6.07. The van der Waals surface area contributed by atoms with Gasteiger partial charge in [0, 0.05) is 18.2 Å². The number of aromatic hydroxyl groups is 1. The maximum absolute atomic E-state index is 13.0. The first-order valence-corrected chi connectivity index (χ1v) is 11.5. The standard InChI is InChI=1S/C29H25NO6/c1-33-26-8-3-2-5-19(26)13-14-34-23-7-4-6-22(17-23)30-29(32)24-15-20(9-11-25(24)31)21-10-12-27-28(16-21)36-18-35-27/h2-12,15-17,31H,13-14,18H2,1H3,(H,30,32). The predicted molar refractivity (Wildman–Crippen MR) is 136 cm³/mol. The molecule has 0 saturated heterocycles. The first-order valence-electron chi connectivity index (χ1n) is 11.5. The fourth-order valence-corrected chi connectivity index (χ4v) is 4.02. The molecular weight excluding hydrogens is 458 g/mol. The van der Waals surface area contributed by atoms with E-state index >= 15 is 0 Å².